The summed E-state index contributed by atoms with van der Waals surface area (Å²) in [6.07, 6.45) is 0. The van der Waals surface area contributed by atoms with E-state index in [1.807, 2.05) is 6.92 Å². The molecule has 0 bridgehead atoms. The van der Waals surface area contributed by atoms with Crippen molar-refractivity contribution < 1.29 is 22.0 Å². The van der Waals surface area contributed by atoms with Gasteiger partial charge >= 0.3 is 0 Å². The summed E-state index contributed by atoms with van der Waals surface area (Å²) < 4.78 is 53.0. The maximum atomic E-state index is 13.5. The van der Waals surface area contributed by atoms with Gasteiger partial charge in [-0.15, -0.1) is 0 Å². The number of amides is 1. The molecule has 1 unspecified atom stereocenters. The van der Waals surface area contributed by atoms with Crippen LogP contribution in [0.2, 0.25) is 0 Å². The molecule has 2 aromatic rings. The van der Waals surface area contributed by atoms with Crippen LogP contribution in [0.5, 0.6) is 0 Å². The van der Waals surface area contributed by atoms with Gasteiger partial charge in [0.2, 0.25) is 15.9 Å². The Morgan fingerprint density at radius 3 is 2.29 bits per heavy atom. The number of hydrogen-bond acceptors (Lipinski definition) is 3. The van der Waals surface area contributed by atoms with Crippen LogP contribution in [0.3, 0.4) is 0 Å². The summed E-state index contributed by atoms with van der Waals surface area (Å²) in [7, 11) is -3.90. The van der Waals surface area contributed by atoms with Crippen molar-refractivity contribution in [2.45, 2.75) is 24.8 Å². The number of carbonyl (C=O) groups is 1. The Hall–Kier alpha value is -2.32. The largest absolute Gasteiger partial charge is 0.322 e. The highest BCUT2D eigenvalue weighted by Crippen LogP contribution is 2.16. The van der Waals surface area contributed by atoms with E-state index in [2.05, 4.69) is 10.0 Å². The zero-order chi connectivity index (χ0) is 17.9. The van der Waals surface area contributed by atoms with E-state index in [0.717, 1.165) is 17.7 Å². The normalized spacial score (nSPS) is 12.7. The van der Waals surface area contributed by atoms with Gasteiger partial charge < -0.3 is 5.32 Å². The second-order valence-electron chi connectivity index (χ2n) is 5.27. The molecule has 0 aliphatic rings. The van der Waals surface area contributed by atoms with Crippen molar-refractivity contribution in [2.24, 2.45) is 0 Å². The Morgan fingerprint density at radius 2 is 1.71 bits per heavy atom. The van der Waals surface area contributed by atoms with E-state index in [9.17, 15) is 22.0 Å². The van der Waals surface area contributed by atoms with Crippen molar-refractivity contribution in [3.8, 4) is 0 Å². The molecule has 0 fully saturated rings. The van der Waals surface area contributed by atoms with Gasteiger partial charge in [0.1, 0.15) is 11.6 Å². The SMILES string of the molecule is Cc1ccc(S(=O)(=O)NC(C)C(=O)Nc2ccc(F)cc2F)cc1. The topological polar surface area (TPSA) is 75.3 Å². The lowest BCUT2D eigenvalue weighted by atomic mass is 10.2. The zero-order valence-corrected chi connectivity index (χ0v) is 13.8. The van der Waals surface area contributed by atoms with Crippen molar-refractivity contribution in [1.29, 1.82) is 0 Å². The molecular weight excluding hydrogens is 338 g/mol. The number of sulfonamides is 1. The van der Waals surface area contributed by atoms with E-state index in [1.165, 1.54) is 19.1 Å². The smallest absolute Gasteiger partial charge is 0.242 e. The van der Waals surface area contributed by atoms with Crippen LogP contribution >= 0.6 is 0 Å². The maximum absolute atomic E-state index is 13.5. The lowest BCUT2D eigenvalue weighted by Crippen LogP contribution is -2.41. The van der Waals surface area contributed by atoms with Gasteiger partial charge in [-0.3, -0.25) is 4.79 Å². The standard InChI is InChI=1S/C16H16F2N2O3S/c1-10-3-6-13(7-4-10)24(22,23)20-11(2)16(21)19-15-8-5-12(17)9-14(15)18/h3-9,11,20H,1-2H3,(H,19,21). The van der Waals surface area contributed by atoms with Gasteiger partial charge in [-0.2, -0.15) is 4.72 Å². The van der Waals surface area contributed by atoms with Gasteiger partial charge in [0.15, 0.2) is 0 Å². The molecule has 1 amide bonds. The van der Waals surface area contributed by atoms with Crippen LogP contribution < -0.4 is 10.0 Å². The average molecular weight is 354 g/mol. The summed E-state index contributed by atoms with van der Waals surface area (Å²) in [5.74, 6) is -2.49. The van der Waals surface area contributed by atoms with Gasteiger partial charge in [0.25, 0.3) is 0 Å². The van der Waals surface area contributed by atoms with Gasteiger partial charge in [0.05, 0.1) is 16.6 Å². The van der Waals surface area contributed by atoms with Gasteiger partial charge in [-0.05, 0) is 38.1 Å². The van der Waals surface area contributed by atoms with Crippen molar-refractivity contribution in [2.75, 3.05) is 5.32 Å². The van der Waals surface area contributed by atoms with Crippen LogP contribution in [0.25, 0.3) is 0 Å². The monoisotopic (exact) mass is 354 g/mol. The average Bonchev–Trinajstić information content (AvgIpc) is 2.50. The highest BCUT2D eigenvalue weighted by molar-refractivity contribution is 7.89. The molecule has 0 radical (unpaired) electrons. The minimum Gasteiger partial charge on any atom is -0.322 e. The van der Waals surface area contributed by atoms with Gasteiger partial charge in [-0.1, -0.05) is 17.7 Å². The molecule has 0 aliphatic carbocycles. The Morgan fingerprint density at radius 1 is 1.08 bits per heavy atom. The number of aryl methyl sites for hydroxylation is 1. The van der Waals surface area contributed by atoms with Crippen LogP contribution in [-0.2, 0) is 14.8 Å². The molecule has 0 saturated heterocycles. The summed E-state index contributed by atoms with van der Waals surface area (Å²) >= 11 is 0. The molecule has 2 N–H and O–H groups in total. The highest BCUT2D eigenvalue weighted by atomic mass is 32.2. The zero-order valence-electron chi connectivity index (χ0n) is 13.0. The Bertz CT molecular complexity index is 852. The molecule has 5 nitrogen and oxygen atoms in total. The third-order valence-corrected chi connectivity index (χ3v) is 4.80. The maximum Gasteiger partial charge on any atom is 0.242 e. The summed E-state index contributed by atoms with van der Waals surface area (Å²) in [4.78, 5) is 12.0. The first-order valence-corrected chi connectivity index (χ1v) is 8.52. The fourth-order valence-electron chi connectivity index (χ4n) is 1.90. The predicted octanol–water partition coefficient (Wildman–Crippen LogP) is 2.58. The lowest BCUT2D eigenvalue weighted by molar-refractivity contribution is -0.117. The molecule has 24 heavy (non-hydrogen) atoms. The van der Waals surface area contributed by atoms with Crippen LogP contribution in [0.4, 0.5) is 14.5 Å². The molecule has 128 valence electrons. The van der Waals surface area contributed by atoms with Crippen LogP contribution in [0.15, 0.2) is 47.4 Å². The van der Waals surface area contributed by atoms with Gasteiger partial charge in [0, 0.05) is 6.07 Å². The quantitative estimate of drug-likeness (QED) is 0.867. The highest BCUT2D eigenvalue weighted by Gasteiger charge is 2.22. The number of carbonyl (C=O) groups excluding carboxylic acids is 1. The number of nitrogens with one attached hydrogen (secondary N) is 2. The fourth-order valence-corrected chi connectivity index (χ4v) is 3.11. The fraction of sp³-hybridized carbons (Fsp3) is 0.188. The molecule has 0 aromatic heterocycles. The third-order valence-electron chi connectivity index (χ3n) is 3.25. The number of benzene rings is 2. The van der Waals surface area contributed by atoms with Crippen molar-refractivity contribution in [3.63, 3.8) is 0 Å². The molecule has 0 spiro atoms. The number of hydrogen-bond donors (Lipinski definition) is 2. The summed E-state index contributed by atoms with van der Waals surface area (Å²) in [5.41, 5.74) is 0.661. The van der Waals surface area contributed by atoms with E-state index in [0.29, 0.717) is 6.07 Å². The third kappa shape index (κ3) is 4.36. The van der Waals surface area contributed by atoms with E-state index in [1.54, 1.807) is 12.1 Å². The Kier molecular flexibility index (Phi) is 5.30. The molecule has 0 heterocycles. The van der Waals surface area contributed by atoms with Crippen molar-refractivity contribution in [3.05, 3.63) is 59.7 Å². The number of rotatable bonds is 5. The Labute approximate surface area is 138 Å². The first kappa shape index (κ1) is 18.0. The minimum absolute atomic E-state index is 0.0145. The Balaban J connectivity index is 2.09. The van der Waals surface area contributed by atoms with Crippen LogP contribution in [0, 0.1) is 18.6 Å². The van der Waals surface area contributed by atoms with E-state index in [-0.39, 0.29) is 10.6 Å². The predicted molar refractivity (Wildman–Crippen MR) is 86.0 cm³/mol. The summed E-state index contributed by atoms with van der Waals surface area (Å²) in [6.45, 7) is 3.14. The number of anilines is 1. The molecule has 8 heteroatoms. The minimum atomic E-state index is -3.90. The molecule has 2 aromatic carbocycles. The van der Waals surface area contributed by atoms with Gasteiger partial charge in [-0.25, -0.2) is 17.2 Å². The number of halogens is 2. The first-order chi connectivity index (χ1) is 11.2. The van der Waals surface area contributed by atoms with E-state index >= 15 is 0 Å². The van der Waals surface area contributed by atoms with E-state index in [4.69, 9.17) is 0 Å². The molecule has 0 aliphatic heterocycles. The molecule has 1 atom stereocenters. The molecule has 2 rings (SSSR count). The second-order valence-corrected chi connectivity index (χ2v) is 6.98. The summed E-state index contributed by atoms with van der Waals surface area (Å²) in [5, 5.41) is 2.21. The first-order valence-electron chi connectivity index (χ1n) is 7.04. The van der Waals surface area contributed by atoms with E-state index < -0.39 is 33.6 Å². The van der Waals surface area contributed by atoms with Crippen LogP contribution in [0.1, 0.15) is 12.5 Å². The molecule has 0 saturated carbocycles. The molecular formula is C16H16F2N2O3S. The lowest BCUT2D eigenvalue weighted by Gasteiger charge is -2.15. The van der Waals surface area contributed by atoms with Crippen molar-refractivity contribution in [1.82, 2.24) is 4.72 Å². The van der Waals surface area contributed by atoms with Crippen LogP contribution in [-0.4, -0.2) is 20.4 Å². The summed E-state index contributed by atoms with van der Waals surface area (Å²) in [6, 6.07) is 7.62. The van der Waals surface area contributed by atoms with Crippen molar-refractivity contribution >= 4 is 21.6 Å². The second kappa shape index (κ2) is 7.06.